The number of epoxide rings is 2. The average Bonchev–Trinajstić information content (AvgIpc) is 3.38. The number of Topliss-reactive ketones (excluding diaryl/α,β-unsaturated/α-hetero) is 1. The number of rotatable bonds is 4. The number of carbonyl (C=O) groups is 1. The topological polar surface area (TPSA) is 51.4 Å². The van der Waals surface area contributed by atoms with E-state index in [2.05, 4.69) is 0 Å². The quantitative estimate of drug-likeness (QED) is 0.579. The maximum Gasteiger partial charge on any atom is 0.412 e. The maximum absolute atomic E-state index is 12.6. The minimum absolute atomic E-state index is 0.0149. The normalized spacial score (nSPS) is 45.6. The molecule has 4 nitrogen and oxygen atoms in total. The molecule has 2 heterocycles. The Kier molecular flexibility index (Phi) is 4.13. The van der Waals surface area contributed by atoms with E-state index in [0.29, 0.717) is 13.0 Å². The summed E-state index contributed by atoms with van der Waals surface area (Å²) in [4.78, 5) is 12.5. The highest BCUT2D eigenvalue weighted by Crippen LogP contribution is 2.59. The van der Waals surface area contributed by atoms with E-state index in [9.17, 15) is 18.0 Å². The van der Waals surface area contributed by atoms with Crippen molar-refractivity contribution in [2.24, 2.45) is 11.8 Å². The van der Waals surface area contributed by atoms with Crippen LogP contribution >= 0.6 is 0 Å². The van der Waals surface area contributed by atoms with Gasteiger partial charge in [0.05, 0.1) is 18.6 Å². The van der Waals surface area contributed by atoms with Crippen LogP contribution in [0, 0.1) is 11.8 Å². The number of halogens is 3. The molecule has 24 heavy (non-hydrogen) atoms. The molecule has 7 heteroatoms. The van der Waals surface area contributed by atoms with Crippen LogP contribution in [0.1, 0.15) is 33.6 Å². The lowest BCUT2D eigenvalue weighted by Crippen LogP contribution is -2.55. The molecule has 0 amide bonds. The molecule has 0 N–H and O–H groups in total. The van der Waals surface area contributed by atoms with E-state index >= 15 is 0 Å². The third-order valence-corrected chi connectivity index (χ3v) is 5.74. The summed E-state index contributed by atoms with van der Waals surface area (Å²) in [5.41, 5.74) is -1.77. The molecule has 6 atom stereocenters. The van der Waals surface area contributed by atoms with Crippen molar-refractivity contribution in [2.45, 2.75) is 63.2 Å². The van der Waals surface area contributed by atoms with E-state index in [1.807, 2.05) is 13.8 Å². The fourth-order valence-electron chi connectivity index (χ4n) is 4.16. The van der Waals surface area contributed by atoms with Crippen molar-refractivity contribution in [1.29, 1.82) is 0 Å². The van der Waals surface area contributed by atoms with Gasteiger partial charge in [-0.05, 0) is 26.7 Å². The zero-order chi connectivity index (χ0) is 17.9. The Labute approximate surface area is 139 Å². The van der Waals surface area contributed by atoms with Crippen molar-refractivity contribution >= 4 is 5.78 Å². The lowest BCUT2D eigenvalue weighted by Gasteiger charge is -2.40. The Morgan fingerprint density at radius 2 is 2.08 bits per heavy atom. The van der Waals surface area contributed by atoms with Gasteiger partial charge in [0.2, 0.25) is 0 Å². The minimum atomic E-state index is -4.32. The van der Waals surface area contributed by atoms with Gasteiger partial charge < -0.3 is 14.2 Å². The smallest absolute Gasteiger partial charge is 0.373 e. The molecule has 1 unspecified atom stereocenters. The van der Waals surface area contributed by atoms with Gasteiger partial charge in [0, 0.05) is 18.6 Å². The maximum atomic E-state index is 12.6. The van der Waals surface area contributed by atoms with Gasteiger partial charge >= 0.3 is 6.18 Å². The van der Waals surface area contributed by atoms with E-state index in [4.69, 9.17) is 14.2 Å². The second-order valence-electron chi connectivity index (χ2n) is 7.41. The lowest BCUT2D eigenvalue weighted by molar-refractivity contribution is -0.148. The first-order valence-electron chi connectivity index (χ1n) is 8.17. The lowest BCUT2D eigenvalue weighted by atomic mass is 9.66. The first kappa shape index (κ1) is 17.9. The molecule has 2 saturated heterocycles. The van der Waals surface area contributed by atoms with Crippen LogP contribution in [0.15, 0.2) is 11.6 Å². The number of methoxy groups -OCH3 is 1. The Balaban J connectivity index is 1.77. The molecule has 136 valence electrons. The predicted octanol–water partition coefficient (Wildman–Crippen LogP) is 3.05. The molecule has 0 aromatic heterocycles. The number of ether oxygens (including phenoxy) is 3. The monoisotopic (exact) mass is 348 g/mol. The summed E-state index contributed by atoms with van der Waals surface area (Å²) in [5, 5.41) is 0. The highest BCUT2D eigenvalue weighted by Gasteiger charge is 2.72. The number of allylic oxidation sites excluding steroid dienone is 1. The fourth-order valence-corrected chi connectivity index (χ4v) is 4.16. The third kappa shape index (κ3) is 2.80. The molecule has 1 saturated carbocycles. The van der Waals surface area contributed by atoms with Crippen LogP contribution in [0.3, 0.4) is 0 Å². The molecule has 0 radical (unpaired) electrons. The minimum Gasteiger partial charge on any atom is -0.373 e. The van der Waals surface area contributed by atoms with Gasteiger partial charge in [-0.25, -0.2) is 0 Å². The van der Waals surface area contributed by atoms with Crippen LogP contribution in [0.2, 0.25) is 0 Å². The van der Waals surface area contributed by atoms with Crippen molar-refractivity contribution in [2.75, 3.05) is 13.7 Å². The van der Waals surface area contributed by atoms with Gasteiger partial charge in [-0.15, -0.1) is 0 Å². The Morgan fingerprint density at radius 1 is 1.46 bits per heavy atom. The van der Waals surface area contributed by atoms with Gasteiger partial charge in [0.25, 0.3) is 0 Å². The standard InChI is InChI=1S/C17H23F3O4/c1-9-7-16(8-23-16)14(13(22-4)12(9)21)15(3)11(24-15)6-5-10(2)17(18,19)20/h5,9,11,13-14H,6-8H2,1-4H3/b10-5+/t9-,11+,13+,14+,15?,16-/m0/s1. The summed E-state index contributed by atoms with van der Waals surface area (Å²) in [6.07, 6.45) is -3.39. The molecular formula is C17H23F3O4. The van der Waals surface area contributed by atoms with Crippen LogP contribution in [0.5, 0.6) is 0 Å². The molecule has 3 fully saturated rings. The number of carbonyl (C=O) groups excluding carboxylic acids is 1. The first-order chi connectivity index (χ1) is 11.0. The molecule has 1 aliphatic carbocycles. The first-order valence-corrected chi connectivity index (χ1v) is 8.17. The average molecular weight is 348 g/mol. The zero-order valence-electron chi connectivity index (χ0n) is 14.3. The Morgan fingerprint density at radius 3 is 2.58 bits per heavy atom. The molecule has 2 aliphatic heterocycles. The van der Waals surface area contributed by atoms with E-state index in [1.165, 1.54) is 7.11 Å². The molecule has 3 aliphatic rings. The van der Waals surface area contributed by atoms with Crippen LogP contribution in [0.4, 0.5) is 13.2 Å². The van der Waals surface area contributed by atoms with Crippen LogP contribution in [0.25, 0.3) is 0 Å². The molecular weight excluding hydrogens is 325 g/mol. The van der Waals surface area contributed by atoms with Crippen molar-refractivity contribution < 1.29 is 32.2 Å². The number of ketones is 1. The zero-order valence-corrected chi connectivity index (χ0v) is 14.3. The second-order valence-corrected chi connectivity index (χ2v) is 7.41. The highest BCUT2D eigenvalue weighted by molar-refractivity contribution is 5.87. The van der Waals surface area contributed by atoms with Crippen molar-refractivity contribution in [3.8, 4) is 0 Å². The van der Waals surface area contributed by atoms with Gasteiger partial charge in [-0.3, -0.25) is 4.79 Å². The Bertz CT molecular complexity index is 567. The summed E-state index contributed by atoms with van der Waals surface area (Å²) < 4.78 is 54.8. The van der Waals surface area contributed by atoms with Gasteiger partial charge in [-0.1, -0.05) is 13.0 Å². The van der Waals surface area contributed by atoms with E-state index in [-0.39, 0.29) is 30.1 Å². The van der Waals surface area contributed by atoms with E-state index < -0.39 is 29.1 Å². The molecule has 0 aromatic rings. The molecule has 0 bridgehead atoms. The number of hydrogen-bond acceptors (Lipinski definition) is 4. The van der Waals surface area contributed by atoms with Gasteiger partial charge in [-0.2, -0.15) is 13.2 Å². The summed E-state index contributed by atoms with van der Waals surface area (Å²) in [6, 6.07) is 0. The number of hydrogen-bond donors (Lipinski definition) is 0. The van der Waals surface area contributed by atoms with Crippen LogP contribution in [-0.4, -0.2) is 49.1 Å². The summed E-state index contributed by atoms with van der Waals surface area (Å²) in [5.74, 6) is -0.425. The van der Waals surface area contributed by atoms with Crippen molar-refractivity contribution in [3.05, 3.63) is 11.6 Å². The summed E-state index contributed by atoms with van der Waals surface area (Å²) >= 11 is 0. The highest BCUT2D eigenvalue weighted by atomic mass is 19.4. The Hall–Kier alpha value is -0.920. The largest absolute Gasteiger partial charge is 0.412 e. The SMILES string of the molecule is CO[C@@H]1C(=O)[C@@H](C)C[C@]2(CO2)[C@H]1C1(C)O[C@@H]1C/C=C(\C)C(F)(F)F. The number of alkyl halides is 3. The van der Waals surface area contributed by atoms with Crippen molar-refractivity contribution in [3.63, 3.8) is 0 Å². The molecule has 3 rings (SSSR count). The van der Waals surface area contributed by atoms with Gasteiger partial charge in [0.15, 0.2) is 5.78 Å². The van der Waals surface area contributed by atoms with Gasteiger partial charge in [0.1, 0.15) is 17.3 Å². The van der Waals surface area contributed by atoms with Crippen molar-refractivity contribution in [1.82, 2.24) is 0 Å². The van der Waals surface area contributed by atoms with Crippen LogP contribution < -0.4 is 0 Å². The predicted molar refractivity (Wildman–Crippen MR) is 79.5 cm³/mol. The summed E-state index contributed by atoms with van der Waals surface area (Å²) in [6.45, 7) is 5.29. The fraction of sp³-hybridized carbons (Fsp3) is 0.824. The van der Waals surface area contributed by atoms with Crippen LogP contribution in [-0.2, 0) is 19.0 Å². The summed E-state index contributed by atoms with van der Waals surface area (Å²) in [7, 11) is 1.48. The third-order valence-electron chi connectivity index (χ3n) is 5.74. The van der Waals surface area contributed by atoms with E-state index in [0.717, 1.165) is 13.0 Å². The molecule has 1 spiro atoms. The van der Waals surface area contributed by atoms with E-state index in [1.54, 1.807) is 0 Å². The second kappa shape index (κ2) is 5.54. The molecule has 0 aromatic carbocycles.